The van der Waals surface area contributed by atoms with Crippen LogP contribution < -0.4 is 5.32 Å². The fourth-order valence-corrected chi connectivity index (χ4v) is 2.10. The standard InChI is InChI=1S/C16H15ClFNO2/c1-10-3-5-12(17)8-15(10)19-9-11-4-6-13(14(18)7-11)16(20)21-2/h3-8,19H,9H2,1-2H3. The molecule has 0 aliphatic carbocycles. The number of benzene rings is 2. The molecule has 2 aromatic carbocycles. The molecular weight excluding hydrogens is 293 g/mol. The third kappa shape index (κ3) is 3.73. The Bertz CT molecular complexity index is 673. The van der Waals surface area contributed by atoms with E-state index in [0.29, 0.717) is 11.6 Å². The minimum Gasteiger partial charge on any atom is -0.465 e. The number of hydrogen-bond acceptors (Lipinski definition) is 3. The van der Waals surface area contributed by atoms with Crippen molar-refractivity contribution >= 4 is 23.3 Å². The zero-order valence-electron chi connectivity index (χ0n) is 11.7. The minimum atomic E-state index is -0.683. The van der Waals surface area contributed by atoms with Crippen LogP contribution in [-0.4, -0.2) is 13.1 Å². The number of aryl methyl sites for hydroxylation is 1. The van der Waals surface area contributed by atoms with E-state index >= 15 is 0 Å². The molecule has 0 aliphatic heterocycles. The van der Waals surface area contributed by atoms with Crippen LogP contribution >= 0.6 is 11.6 Å². The Morgan fingerprint density at radius 2 is 2.05 bits per heavy atom. The summed E-state index contributed by atoms with van der Waals surface area (Å²) in [6.07, 6.45) is 0. The Morgan fingerprint density at radius 3 is 2.71 bits per heavy atom. The van der Waals surface area contributed by atoms with Crippen molar-refractivity contribution in [3.63, 3.8) is 0 Å². The van der Waals surface area contributed by atoms with Crippen LogP contribution in [0.3, 0.4) is 0 Å². The van der Waals surface area contributed by atoms with Gasteiger partial charge in [-0.3, -0.25) is 0 Å². The second-order valence-electron chi connectivity index (χ2n) is 4.62. The molecular formula is C16H15ClFNO2. The number of halogens is 2. The molecule has 0 amide bonds. The van der Waals surface area contributed by atoms with Crippen LogP contribution in [0.5, 0.6) is 0 Å². The van der Waals surface area contributed by atoms with E-state index in [1.54, 1.807) is 6.07 Å². The summed E-state index contributed by atoms with van der Waals surface area (Å²) in [5, 5.41) is 3.83. The maximum Gasteiger partial charge on any atom is 0.340 e. The van der Waals surface area contributed by atoms with Crippen LogP contribution in [0.4, 0.5) is 10.1 Å². The van der Waals surface area contributed by atoms with Gasteiger partial charge in [0, 0.05) is 17.3 Å². The number of ether oxygens (including phenoxy) is 1. The van der Waals surface area contributed by atoms with Gasteiger partial charge in [-0.1, -0.05) is 23.7 Å². The van der Waals surface area contributed by atoms with Gasteiger partial charge in [-0.25, -0.2) is 9.18 Å². The Hall–Kier alpha value is -2.07. The molecule has 0 radical (unpaired) electrons. The first-order chi connectivity index (χ1) is 10.0. The number of methoxy groups -OCH3 is 1. The molecule has 0 saturated heterocycles. The fraction of sp³-hybridized carbons (Fsp3) is 0.188. The predicted octanol–water partition coefficient (Wildman–Crippen LogP) is 4.19. The second kappa shape index (κ2) is 6.59. The van der Waals surface area contributed by atoms with Crippen molar-refractivity contribution in [1.29, 1.82) is 0 Å². The van der Waals surface area contributed by atoms with Crippen LogP contribution in [0.2, 0.25) is 5.02 Å². The molecule has 0 aliphatic rings. The fourth-order valence-electron chi connectivity index (χ4n) is 1.93. The average Bonchev–Trinajstić information content (AvgIpc) is 2.47. The van der Waals surface area contributed by atoms with E-state index in [9.17, 15) is 9.18 Å². The van der Waals surface area contributed by atoms with Gasteiger partial charge in [0.25, 0.3) is 0 Å². The van der Waals surface area contributed by atoms with Crippen LogP contribution in [0.25, 0.3) is 0 Å². The number of rotatable bonds is 4. The van der Waals surface area contributed by atoms with Gasteiger partial charge in [-0.15, -0.1) is 0 Å². The first-order valence-electron chi connectivity index (χ1n) is 6.38. The van der Waals surface area contributed by atoms with Gasteiger partial charge in [0.1, 0.15) is 5.82 Å². The van der Waals surface area contributed by atoms with Gasteiger partial charge in [0.2, 0.25) is 0 Å². The lowest BCUT2D eigenvalue weighted by Crippen LogP contribution is -2.06. The third-order valence-electron chi connectivity index (χ3n) is 3.12. The maximum absolute atomic E-state index is 13.8. The smallest absolute Gasteiger partial charge is 0.340 e. The van der Waals surface area contributed by atoms with Crippen molar-refractivity contribution in [2.45, 2.75) is 13.5 Å². The molecule has 5 heteroatoms. The largest absolute Gasteiger partial charge is 0.465 e. The summed E-state index contributed by atoms with van der Waals surface area (Å²) in [4.78, 5) is 11.3. The summed E-state index contributed by atoms with van der Waals surface area (Å²) in [6.45, 7) is 2.39. The molecule has 0 saturated carbocycles. The Balaban J connectivity index is 2.12. The summed E-state index contributed by atoms with van der Waals surface area (Å²) >= 11 is 5.94. The first-order valence-corrected chi connectivity index (χ1v) is 6.76. The molecule has 0 atom stereocenters. The van der Waals surface area contributed by atoms with E-state index in [0.717, 1.165) is 16.8 Å². The molecule has 2 rings (SSSR count). The van der Waals surface area contributed by atoms with E-state index < -0.39 is 11.8 Å². The lowest BCUT2D eigenvalue weighted by atomic mass is 10.1. The van der Waals surface area contributed by atoms with Gasteiger partial charge in [0.15, 0.2) is 0 Å². The molecule has 0 bridgehead atoms. The normalized spacial score (nSPS) is 10.3. The average molecular weight is 308 g/mol. The van der Waals surface area contributed by atoms with Gasteiger partial charge in [-0.2, -0.15) is 0 Å². The van der Waals surface area contributed by atoms with Crippen LogP contribution in [0.1, 0.15) is 21.5 Å². The van der Waals surface area contributed by atoms with Crippen molar-refractivity contribution in [2.75, 3.05) is 12.4 Å². The molecule has 0 aromatic heterocycles. The summed E-state index contributed by atoms with van der Waals surface area (Å²) in [5.74, 6) is -1.28. The van der Waals surface area contributed by atoms with Crippen molar-refractivity contribution in [3.8, 4) is 0 Å². The van der Waals surface area contributed by atoms with Crippen molar-refractivity contribution in [2.24, 2.45) is 0 Å². The molecule has 3 nitrogen and oxygen atoms in total. The molecule has 0 heterocycles. The van der Waals surface area contributed by atoms with Gasteiger partial charge in [-0.05, 0) is 42.3 Å². The Morgan fingerprint density at radius 1 is 1.29 bits per heavy atom. The first kappa shape index (κ1) is 15.3. The van der Waals surface area contributed by atoms with E-state index in [1.807, 2.05) is 25.1 Å². The molecule has 110 valence electrons. The number of carbonyl (C=O) groups is 1. The Kier molecular flexibility index (Phi) is 4.81. The number of hydrogen-bond donors (Lipinski definition) is 1. The molecule has 2 aromatic rings. The number of carbonyl (C=O) groups excluding carboxylic acids is 1. The van der Waals surface area contributed by atoms with E-state index in [-0.39, 0.29) is 5.56 Å². The number of esters is 1. The number of nitrogens with one attached hydrogen (secondary N) is 1. The zero-order valence-corrected chi connectivity index (χ0v) is 12.5. The lowest BCUT2D eigenvalue weighted by molar-refractivity contribution is 0.0595. The molecule has 0 spiro atoms. The third-order valence-corrected chi connectivity index (χ3v) is 3.36. The maximum atomic E-state index is 13.8. The summed E-state index contributed by atoms with van der Waals surface area (Å²) in [7, 11) is 1.22. The van der Waals surface area contributed by atoms with E-state index in [4.69, 9.17) is 11.6 Å². The summed E-state index contributed by atoms with van der Waals surface area (Å²) < 4.78 is 18.3. The Labute approximate surface area is 127 Å². The highest BCUT2D eigenvalue weighted by atomic mass is 35.5. The minimum absolute atomic E-state index is 0.0693. The zero-order chi connectivity index (χ0) is 15.4. The van der Waals surface area contributed by atoms with Gasteiger partial charge < -0.3 is 10.1 Å². The summed E-state index contributed by atoms with van der Waals surface area (Å²) in [6, 6.07) is 9.96. The SMILES string of the molecule is COC(=O)c1ccc(CNc2cc(Cl)ccc2C)cc1F. The number of anilines is 1. The molecule has 0 fully saturated rings. The van der Waals surface area contributed by atoms with Crippen LogP contribution in [0.15, 0.2) is 36.4 Å². The summed E-state index contributed by atoms with van der Waals surface area (Å²) in [5.41, 5.74) is 2.59. The monoisotopic (exact) mass is 307 g/mol. The van der Waals surface area contributed by atoms with Crippen molar-refractivity contribution < 1.29 is 13.9 Å². The lowest BCUT2D eigenvalue weighted by Gasteiger charge is -2.11. The van der Waals surface area contributed by atoms with Crippen LogP contribution in [-0.2, 0) is 11.3 Å². The van der Waals surface area contributed by atoms with Crippen molar-refractivity contribution in [1.82, 2.24) is 0 Å². The van der Waals surface area contributed by atoms with Crippen LogP contribution in [0, 0.1) is 12.7 Å². The highest BCUT2D eigenvalue weighted by Crippen LogP contribution is 2.21. The second-order valence-corrected chi connectivity index (χ2v) is 5.06. The van der Waals surface area contributed by atoms with Gasteiger partial charge >= 0.3 is 5.97 Å². The molecule has 21 heavy (non-hydrogen) atoms. The van der Waals surface area contributed by atoms with E-state index in [2.05, 4.69) is 10.1 Å². The highest BCUT2D eigenvalue weighted by Gasteiger charge is 2.12. The molecule has 1 N–H and O–H groups in total. The topological polar surface area (TPSA) is 38.3 Å². The predicted molar refractivity (Wildman–Crippen MR) is 81.3 cm³/mol. The van der Waals surface area contributed by atoms with Gasteiger partial charge in [0.05, 0.1) is 12.7 Å². The molecule has 0 unspecified atom stereocenters. The quantitative estimate of drug-likeness (QED) is 0.861. The van der Waals surface area contributed by atoms with E-state index in [1.165, 1.54) is 19.2 Å². The van der Waals surface area contributed by atoms with Crippen molar-refractivity contribution in [3.05, 3.63) is 63.9 Å². The highest BCUT2D eigenvalue weighted by molar-refractivity contribution is 6.30.